The van der Waals surface area contributed by atoms with Crippen molar-refractivity contribution in [3.8, 4) is 11.6 Å². The Morgan fingerprint density at radius 3 is 2.57 bits per heavy atom. The average Bonchev–Trinajstić information content (AvgIpc) is 3.15. The molecule has 3 aromatic rings. The number of hydrogen-bond acceptors (Lipinski definition) is 8. The highest BCUT2D eigenvalue weighted by molar-refractivity contribution is 5.44. The van der Waals surface area contributed by atoms with Gasteiger partial charge in [0.2, 0.25) is 17.8 Å². The Kier molecular flexibility index (Phi) is 5.31. The van der Waals surface area contributed by atoms with Crippen molar-refractivity contribution in [2.75, 3.05) is 37.0 Å². The number of nitrogens with one attached hydrogen (secondary N) is 1. The van der Waals surface area contributed by atoms with Crippen LogP contribution < -0.4 is 15.0 Å². The SMILES string of the molecule is COc1ccc(-n2c(C)nnc2N2CCC(CNc3ncccn3)CC2)cn1. The van der Waals surface area contributed by atoms with Crippen molar-refractivity contribution < 1.29 is 4.74 Å². The Morgan fingerprint density at radius 1 is 1.11 bits per heavy atom. The van der Waals surface area contributed by atoms with Crippen LogP contribution in [-0.4, -0.2) is 56.5 Å². The number of aromatic nitrogens is 6. The van der Waals surface area contributed by atoms with Crippen LogP contribution in [0.25, 0.3) is 5.69 Å². The smallest absolute Gasteiger partial charge is 0.231 e. The summed E-state index contributed by atoms with van der Waals surface area (Å²) in [6.07, 6.45) is 7.44. The van der Waals surface area contributed by atoms with Gasteiger partial charge in [-0.3, -0.25) is 4.57 Å². The van der Waals surface area contributed by atoms with Gasteiger partial charge in [-0.2, -0.15) is 0 Å². The van der Waals surface area contributed by atoms with E-state index in [0.717, 1.165) is 49.9 Å². The highest BCUT2D eigenvalue weighted by Crippen LogP contribution is 2.25. The van der Waals surface area contributed by atoms with Gasteiger partial charge in [-0.25, -0.2) is 15.0 Å². The van der Waals surface area contributed by atoms with Crippen LogP contribution in [0.2, 0.25) is 0 Å². The topological polar surface area (TPSA) is 93.9 Å². The molecule has 0 amide bonds. The fraction of sp³-hybridized carbons (Fsp3) is 0.421. The fourth-order valence-electron chi connectivity index (χ4n) is 3.45. The van der Waals surface area contributed by atoms with Gasteiger partial charge in [0.05, 0.1) is 19.0 Å². The monoisotopic (exact) mass is 380 g/mol. The van der Waals surface area contributed by atoms with Gasteiger partial charge in [0.1, 0.15) is 5.82 Å². The molecule has 28 heavy (non-hydrogen) atoms. The molecule has 0 spiro atoms. The minimum absolute atomic E-state index is 0.583. The summed E-state index contributed by atoms with van der Waals surface area (Å²) in [6.45, 7) is 4.71. The minimum atomic E-state index is 0.583. The maximum atomic E-state index is 5.15. The molecule has 1 aliphatic heterocycles. The molecule has 146 valence electrons. The number of aryl methyl sites for hydroxylation is 1. The highest BCUT2D eigenvalue weighted by atomic mass is 16.5. The predicted octanol–water partition coefficient (Wildman–Crippen LogP) is 2.10. The molecule has 1 fully saturated rings. The van der Waals surface area contributed by atoms with Gasteiger partial charge in [0.15, 0.2) is 0 Å². The second-order valence-electron chi connectivity index (χ2n) is 6.83. The van der Waals surface area contributed by atoms with E-state index in [1.165, 1.54) is 0 Å². The summed E-state index contributed by atoms with van der Waals surface area (Å²) in [5.74, 6) is 3.56. The molecular formula is C19H24N8O. The molecular weight excluding hydrogens is 356 g/mol. The third-order valence-corrected chi connectivity index (χ3v) is 5.01. The normalized spacial score (nSPS) is 14.9. The zero-order valence-corrected chi connectivity index (χ0v) is 16.1. The van der Waals surface area contributed by atoms with Crippen molar-refractivity contribution in [1.82, 2.24) is 29.7 Å². The molecule has 1 N–H and O–H groups in total. The van der Waals surface area contributed by atoms with E-state index in [1.54, 1.807) is 25.7 Å². The van der Waals surface area contributed by atoms with E-state index >= 15 is 0 Å². The van der Waals surface area contributed by atoms with Crippen LogP contribution in [0.1, 0.15) is 18.7 Å². The highest BCUT2D eigenvalue weighted by Gasteiger charge is 2.24. The van der Waals surface area contributed by atoms with Gasteiger partial charge in [0, 0.05) is 38.1 Å². The van der Waals surface area contributed by atoms with Crippen LogP contribution in [0.4, 0.5) is 11.9 Å². The summed E-state index contributed by atoms with van der Waals surface area (Å²) in [6, 6.07) is 5.64. The maximum Gasteiger partial charge on any atom is 0.231 e. The lowest BCUT2D eigenvalue weighted by molar-refractivity contribution is 0.397. The van der Waals surface area contributed by atoms with E-state index in [1.807, 2.05) is 29.7 Å². The number of anilines is 2. The summed E-state index contributed by atoms with van der Waals surface area (Å²) in [7, 11) is 1.61. The van der Waals surface area contributed by atoms with Crippen molar-refractivity contribution in [3.05, 3.63) is 42.6 Å². The molecule has 3 aromatic heterocycles. The van der Waals surface area contributed by atoms with Crippen molar-refractivity contribution in [2.24, 2.45) is 5.92 Å². The molecule has 0 unspecified atom stereocenters. The molecule has 0 atom stereocenters. The number of rotatable bonds is 6. The Bertz CT molecular complexity index is 888. The minimum Gasteiger partial charge on any atom is -0.481 e. The number of piperidine rings is 1. The first-order chi connectivity index (χ1) is 13.7. The first kappa shape index (κ1) is 18.1. The van der Waals surface area contributed by atoms with E-state index in [0.29, 0.717) is 17.7 Å². The fourth-order valence-corrected chi connectivity index (χ4v) is 3.45. The Hall–Kier alpha value is -3.23. The summed E-state index contributed by atoms with van der Waals surface area (Å²) < 4.78 is 7.20. The standard InChI is InChI=1S/C19H24N8O/c1-14-24-25-19(27(14)16-4-5-17(28-2)22-13-16)26-10-6-15(7-11-26)12-23-18-20-8-3-9-21-18/h3-5,8-9,13,15H,6-7,10-12H2,1-2H3,(H,20,21,23). The van der Waals surface area contributed by atoms with Crippen LogP contribution in [0, 0.1) is 12.8 Å². The van der Waals surface area contributed by atoms with Gasteiger partial charge in [-0.15, -0.1) is 10.2 Å². The first-order valence-electron chi connectivity index (χ1n) is 9.43. The number of pyridine rings is 1. The first-order valence-corrected chi connectivity index (χ1v) is 9.43. The number of nitrogens with zero attached hydrogens (tertiary/aromatic N) is 7. The summed E-state index contributed by atoms with van der Waals surface area (Å²) in [5, 5.41) is 12.0. The average molecular weight is 380 g/mol. The van der Waals surface area contributed by atoms with Crippen LogP contribution in [-0.2, 0) is 0 Å². The molecule has 9 nitrogen and oxygen atoms in total. The van der Waals surface area contributed by atoms with Crippen molar-refractivity contribution in [2.45, 2.75) is 19.8 Å². The van der Waals surface area contributed by atoms with E-state index in [9.17, 15) is 0 Å². The van der Waals surface area contributed by atoms with E-state index in [2.05, 4.69) is 35.4 Å². The quantitative estimate of drug-likeness (QED) is 0.695. The molecule has 0 bridgehead atoms. The van der Waals surface area contributed by atoms with Crippen molar-refractivity contribution in [1.29, 1.82) is 0 Å². The second-order valence-corrected chi connectivity index (χ2v) is 6.83. The zero-order chi connectivity index (χ0) is 19.3. The molecule has 0 radical (unpaired) electrons. The zero-order valence-electron chi connectivity index (χ0n) is 16.1. The maximum absolute atomic E-state index is 5.15. The van der Waals surface area contributed by atoms with Gasteiger partial charge >= 0.3 is 0 Å². The molecule has 4 rings (SSSR count). The summed E-state index contributed by atoms with van der Waals surface area (Å²) in [5.41, 5.74) is 0.934. The Balaban J connectivity index is 1.41. The number of methoxy groups -OCH3 is 1. The molecule has 0 saturated carbocycles. The van der Waals surface area contributed by atoms with Crippen LogP contribution in [0.3, 0.4) is 0 Å². The van der Waals surface area contributed by atoms with E-state index in [-0.39, 0.29) is 0 Å². The van der Waals surface area contributed by atoms with Gasteiger partial charge in [0.25, 0.3) is 0 Å². The van der Waals surface area contributed by atoms with Gasteiger partial charge in [-0.05, 0) is 37.8 Å². The molecule has 0 aromatic carbocycles. The van der Waals surface area contributed by atoms with Crippen LogP contribution in [0.5, 0.6) is 5.88 Å². The predicted molar refractivity (Wildman–Crippen MR) is 106 cm³/mol. The molecule has 4 heterocycles. The van der Waals surface area contributed by atoms with E-state index < -0.39 is 0 Å². The van der Waals surface area contributed by atoms with Gasteiger partial charge in [-0.1, -0.05) is 0 Å². The van der Waals surface area contributed by atoms with Crippen molar-refractivity contribution >= 4 is 11.9 Å². The number of hydrogen-bond donors (Lipinski definition) is 1. The van der Waals surface area contributed by atoms with Crippen LogP contribution >= 0.6 is 0 Å². The molecule has 1 aliphatic rings. The summed E-state index contributed by atoms with van der Waals surface area (Å²) in [4.78, 5) is 15.0. The third kappa shape index (κ3) is 3.88. The number of ether oxygens (including phenoxy) is 1. The Labute approximate surface area is 163 Å². The molecule has 1 saturated heterocycles. The Morgan fingerprint density at radius 2 is 1.89 bits per heavy atom. The molecule has 9 heteroatoms. The van der Waals surface area contributed by atoms with E-state index in [4.69, 9.17) is 4.74 Å². The molecule has 0 aliphatic carbocycles. The van der Waals surface area contributed by atoms with Crippen LogP contribution in [0.15, 0.2) is 36.8 Å². The lowest BCUT2D eigenvalue weighted by atomic mass is 9.97. The lowest BCUT2D eigenvalue weighted by Gasteiger charge is -2.32. The lowest BCUT2D eigenvalue weighted by Crippen LogP contribution is -2.37. The largest absolute Gasteiger partial charge is 0.481 e. The summed E-state index contributed by atoms with van der Waals surface area (Å²) >= 11 is 0. The second kappa shape index (κ2) is 8.20. The third-order valence-electron chi connectivity index (χ3n) is 5.01. The van der Waals surface area contributed by atoms with Gasteiger partial charge < -0.3 is 15.0 Å². The van der Waals surface area contributed by atoms with Crippen molar-refractivity contribution in [3.63, 3.8) is 0 Å².